The number of benzene rings is 1. The highest BCUT2D eigenvalue weighted by atomic mass is 32.1. The highest BCUT2D eigenvalue weighted by Crippen LogP contribution is 2.34. The minimum Gasteiger partial charge on any atom is -0.497 e. The van der Waals surface area contributed by atoms with Gasteiger partial charge in [0.25, 0.3) is 11.5 Å². The number of amides is 1. The van der Waals surface area contributed by atoms with Gasteiger partial charge in [-0.2, -0.15) is 15.3 Å². The molecule has 3 aromatic heterocycles. The van der Waals surface area contributed by atoms with Gasteiger partial charge in [0.05, 0.1) is 41.2 Å². The molecule has 10 heteroatoms. The van der Waals surface area contributed by atoms with Gasteiger partial charge in [0.2, 0.25) is 0 Å². The van der Waals surface area contributed by atoms with Gasteiger partial charge >= 0.3 is 0 Å². The number of hydrogen-bond donors (Lipinski definition) is 0. The van der Waals surface area contributed by atoms with Gasteiger partial charge in [0, 0.05) is 11.8 Å². The highest BCUT2D eigenvalue weighted by Gasteiger charge is 2.34. The number of carbonyl (C=O) groups excluding carboxylic acids is 1. The smallest absolute Gasteiger partial charge is 0.293 e. The summed E-state index contributed by atoms with van der Waals surface area (Å²) in [5.74, 6) is 0.432. The average Bonchev–Trinajstić information content (AvgIpc) is 3.61. The van der Waals surface area contributed by atoms with Crippen LogP contribution in [0.25, 0.3) is 10.9 Å². The Morgan fingerprint density at radius 3 is 2.58 bits per heavy atom. The van der Waals surface area contributed by atoms with Crippen molar-refractivity contribution in [2.24, 2.45) is 5.10 Å². The number of fused-ring (bicyclic) bond motifs is 1. The molecule has 0 aliphatic carbocycles. The van der Waals surface area contributed by atoms with Crippen LogP contribution >= 0.6 is 11.3 Å². The van der Waals surface area contributed by atoms with E-state index in [9.17, 15) is 9.59 Å². The first-order valence-corrected chi connectivity index (χ1v) is 12.6. The van der Waals surface area contributed by atoms with Crippen LogP contribution in [0.2, 0.25) is 0 Å². The molecular weight excluding hydrogens is 476 g/mol. The normalized spacial score (nSPS) is 16.0. The van der Waals surface area contributed by atoms with Crippen LogP contribution in [-0.2, 0) is 16.9 Å². The fourth-order valence-corrected chi connectivity index (χ4v) is 5.18. The molecule has 0 radical (unpaired) electrons. The largest absolute Gasteiger partial charge is 0.497 e. The summed E-state index contributed by atoms with van der Waals surface area (Å²) in [6, 6.07) is 11.3. The molecule has 1 aliphatic heterocycles. The lowest BCUT2D eigenvalue weighted by Gasteiger charge is -2.23. The summed E-state index contributed by atoms with van der Waals surface area (Å²) in [6.45, 7) is 7.54. The fraction of sp³-hybridized carbons (Fsp3) is 0.346. The number of carbonyl (C=O) groups is 1. The van der Waals surface area contributed by atoms with E-state index in [0.717, 1.165) is 21.9 Å². The SMILES string of the molecule is COc1ccc(C2CC(c3cccs3)=NN2C(=O)Cn2nc(C)c3cnn(C(C)(C)C)c3c2=O)cc1. The molecule has 1 aliphatic rings. The van der Waals surface area contributed by atoms with Crippen molar-refractivity contribution in [1.29, 1.82) is 0 Å². The van der Waals surface area contributed by atoms with E-state index >= 15 is 0 Å². The van der Waals surface area contributed by atoms with Crippen molar-refractivity contribution in [3.05, 3.63) is 74.5 Å². The Labute approximate surface area is 212 Å². The Bertz CT molecular complexity index is 1510. The minimum absolute atomic E-state index is 0.223. The number of hydrogen-bond acceptors (Lipinski definition) is 7. The average molecular weight is 505 g/mol. The van der Waals surface area contributed by atoms with E-state index in [-0.39, 0.29) is 24.1 Å². The predicted molar refractivity (Wildman–Crippen MR) is 140 cm³/mol. The maximum atomic E-state index is 13.6. The lowest BCUT2D eigenvalue weighted by atomic mass is 10.0. The molecule has 0 fully saturated rings. The van der Waals surface area contributed by atoms with Crippen LogP contribution in [0.5, 0.6) is 5.75 Å². The van der Waals surface area contributed by atoms with Gasteiger partial charge in [-0.25, -0.2) is 9.69 Å². The second-order valence-corrected chi connectivity index (χ2v) is 10.7. The Kier molecular flexibility index (Phi) is 5.99. The van der Waals surface area contributed by atoms with Gasteiger partial charge < -0.3 is 4.74 Å². The molecule has 4 heterocycles. The number of hydrazone groups is 1. The van der Waals surface area contributed by atoms with E-state index in [1.54, 1.807) is 29.3 Å². The molecule has 1 atom stereocenters. The van der Waals surface area contributed by atoms with Crippen molar-refractivity contribution >= 4 is 33.9 Å². The Balaban J connectivity index is 1.52. The topological polar surface area (TPSA) is 94.6 Å². The number of thiophene rings is 1. The van der Waals surface area contributed by atoms with Gasteiger partial charge in [-0.3, -0.25) is 14.3 Å². The van der Waals surface area contributed by atoms with Crippen molar-refractivity contribution in [2.45, 2.75) is 52.2 Å². The summed E-state index contributed by atoms with van der Waals surface area (Å²) in [5, 5.41) is 17.7. The fourth-order valence-electron chi connectivity index (χ4n) is 4.46. The quantitative estimate of drug-likeness (QED) is 0.408. The summed E-state index contributed by atoms with van der Waals surface area (Å²) < 4.78 is 8.22. The van der Waals surface area contributed by atoms with Gasteiger partial charge in [-0.15, -0.1) is 11.3 Å². The number of nitrogens with zero attached hydrogens (tertiary/aromatic N) is 6. The summed E-state index contributed by atoms with van der Waals surface area (Å²) in [7, 11) is 1.62. The van der Waals surface area contributed by atoms with Crippen LogP contribution in [-0.4, -0.2) is 43.3 Å². The van der Waals surface area contributed by atoms with E-state index in [1.165, 1.54) is 9.69 Å². The monoisotopic (exact) mass is 504 g/mol. The summed E-state index contributed by atoms with van der Waals surface area (Å²) in [5.41, 5.74) is 2.13. The molecule has 4 aromatic rings. The lowest BCUT2D eigenvalue weighted by molar-refractivity contribution is -0.133. The van der Waals surface area contributed by atoms with Crippen molar-refractivity contribution in [3.63, 3.8) is 0 Å². The molecule has 0 spiro atoms. The second-order valence-electron chi connectivity index (χ2n) is 9.79. The highest BCUT2D eigenvalue weighted by molar-refractivity contribution is 7.12. The van der Waals surface area contributed by atoms with Crippen LogP contribution in [0, 0.1) is 6.92 Å². The molecule has 1 aromatic carbocycles. The van der Waals surface area contributed by atoms with Crippen LogP contribution in [0.4, 0.5) is 0 Å². The van der Waals surface area contributed by atoms with E-state index in [1.807, 2.05) is 69.5 Å². The number of ether oxygens (including phenoxy) is 1. The van der Waals surface area contributed by atoms with Crippen LogP contribution < -0.4 is 10.3 Å². The summed E-state index contributed by atoms with van der Waals surface area (Å²) in [6.07, 6.45) is 2.24. The molecule has 1 amide bonds. The number of rotatable bonds is 5. The van der Waals surface area contributed by atoms with E-state index < -0.39 is 5.54 Å². The maximum absolute atomic E-state index is 13.6. The molecule has 186 valence electrons. The van der Waals surface area contributed by atoms with Crippen molar-refractivity contribution in [3.8, 4) is 5.75 Å². The van der Waals surface area contributed by atoms with E-state index in [2.05, 4.69) is 10.2 Å². The van der Waals surface area contributed by atoms with Crippen molar-refractivity contribution in [1.82, 2.24) is 24.6 Å². The van der Waals surface area contributed by atoms with Crippen molar-refractivity contribution < 1.29 is 9.53 Å². The molecule has 5 rings (SSSR count). The first-order valence-electron chi connectivity index (χ1n) is 11.7. The third-order valence-corrected chi connectivity index (χ3v) is 7.18. The molecule has 0 saturated heterocycles. The van der Waals surface area contributed by atoms with Crippen LogP contribution in [0.1, 0.15) is 49.4 Å². The summed E-state index contributed by atoms with van der Waals surface area (Å²) >= 11 is 1.59. The molecule has 1 unspecified atom stereocenters. The van der Waals surface area contributed by atoms with E-state index in [4.69, 9.17) is 9.84 Å². The van der Waals surface area contributed by atoms with Crippen LogP contribution in [0.3, 0.4) is 0 Å². The van der Waals surface area contributed by atoms with Gasteiger partial charge in [-0.1, -0.05) is 18.2 Å². The standard InChI is InChI=1S/C26H28N6O3S/c1-16-19-14-27-32(26(2,3)4)24(19)25(34)30(28-16)15-23(33)31-21(17-8-10-18(35-5)11-9-17)13-20(29-31)22-7-6-12-36-22/h6-12,14,21H,13,15H2,1-5H3. The lowest BCUT2D eigenvalue weighted by Crippen LogP contribution is -2.36. The van der Waals surface area contributed by atoms with E-state index in [0.29, 0.717) is 23.0 Å². The minimum atomic E-state index is -0.398. The molecule has 0 bridgehead atoms. The molecular formula is C26H28N6O3S. The third kappa shape index (κ3) is 4.21. The first-order chi connectivity index (χ1) is 17.2. The Morgan fingerprint density at radius 2 is 1.94 bits per heavy atom. The summed E-state index contributed by atoms with van der Waals surface area (Å²) in [4.78, 5) is 28.1. The second kappa shape index (κ2) is 9.02. The molecule has 0 N–H and O–H groups in total. The molecule has 9 nitrogen and oxygen atoms in total. The Hall–Kier alpha value is -3.79. The maximum Gasteiger partial charge on any atom is 0.293 e. The predicted octanol–water partition coefficient (Wildman–Crippen LogP) is 4.10. The molecule has 0 saturated carbocycles. The zero-order chi connectivity index (χ0) is 25.6. The van der Waals surface area contributed by atoms with Gasteiger partial charge in [0.15, 0.2) is 0 Å². The zero-order valence-corrected chi connectivity index (χ0v) is 21.7. The van der Waals surface area contributed by atoms with Gasteiger partial charge in [-0.05, 0) is 56.8 Å². The van der Waals surface area contributed by atoms with Crippen molar-refractivity contribution in [2.75, 3.05) is 7.11 Å². The van der Waals surface area contributed by atoms with Crippen LogP contribution in [0.15, 0.2) is 57.9 Å². The Morgan fingerprint density at radius 1 is 1.19 bits per heavy atom. The number of aromatic nitrogens is 4. The zero-order valence-electron chi connectivity index (χ0n) is 20.9. The number of aryl methyl sites for hydroxylation is 1. The number of methoxy groups -OCH3 is 1. The third-order valence-electron chi connectivity index (χ3n) is 6.26. The molecule has 36 heavy (non-hydrogen) atoms. The van der Waals surface area contributed by atoms with Gasteiger partial charge in [0.1, 0.15) is 17.8 Å². The first kappa shape index (κ1) is 23.9.